The third kappa shape index (κ3) is 2.98. The van der Waals surface area contributed by atoms with Crippen molar-refractivity contribution in [2.45, 2.75) is 12.7 Å². The molecule has 0 aliphatic carbocycles. The lowest BCUT2D eigenvalue weighted by molar-refractivity contribution is -0.137. The van der Waals surface area contributed by atoms with Crippen molar-refractivity contribution in [3.8, 4) is 0 Å². The molecule has 5 heteroatoms. The Labute approximate surface area is 97.7 Å². The molecular weight excluding hydrogens is 231 g/mol. The van der Waals surface area contributed by atoms with Gasteiger partial charge in [-0.2, -0.15) is 13.2 Å². The lowest BCUT2D eigenvalue weighted by Gasteiger charge is -2.38. The van der Waals surface area contributed by atoms with Crippen LogP contribution >= 0.6 is 0 Å². The van der Waals surface area contributed by atoms with Gasteiger partial charge in [-0.3, -0.25) is 4.90 Å². The fourth-order valence-electron chi connectivity index (χ4n) is 1.98. The first-order chi connectivity index (χ1) is 7.99. The summed E-state index contributed by atoms with van der Waals surface area (Å²) in [5.74, 6) is 0.324. The van der Waals surface area contributed by atoms with Crippen LogP contribution in [0.4, 0.5) is 13.2 Å². The number of hydrogen-bond acceptors (Lipinski definition) is 2. The lowest BCUT2D eigenvalue weighted by Crippen LogP contribution is -2.47. The third-order valence-corrected chi connectivity index (χ3v) is 2.98. The standard InChI is InChI=1S/C12H14F3NO/c13-12(14,15)11-3-1-9(2-4-11)5-16-6-10(7-16)8-17/h1-4,10,17H,5-8H2. The van der Waals surface area contributed by atoms with E-state index in [0.29, 0.717) is 12.5 Å². The number of aliphatic hydroxyl groups excluding tert-OH is 1. The SMILES string of the molecule is OCC1CN(Cc2ccc(C(F)(F)F)cc2)C1. The summed E-state index contributed by atoms with van der Waals surface area (Å²) in [5.41, 5.74) is 0.257. The van der Waals surface area contributed by atoms with Crippen LogP contribution in [-0.2, 0) is 12.7 Å². The Morgan fingerprint density at radius 1 is 1.18 bits per heavy atom. The van der Waals surface area contributed by atoms with Gasteiger partial charge >= 0.3 is 6.18 Å². The number of halogens is 3. The van der Waals surface area contributed by atoms with Gasteiger partial charge in [0.05, 0.1) is 5.56 Å². The summed E-state index contributed by atoms with van der Waals surface area (Å²) in [4.78, 5) is 2.10. The predicted molar refractivity (Wildman–Crippen MR) is 57.3 cm³/mol. The van der Waals surface area contributed by atoms with Gasteiger partial charge in [0.15, 0.2) is 0 Å². The summed E-state index contributed by atoms with van der Waals surface area (Å²) in [5, 5.41) is 8.84. The van der Waals surface area contributed by atoms with E-state index in [2.05, 4.69) is 4.90 Å². The summed E-state index contributed by atoms with van der Waals surface area (Å²) < 4.78 is 37.0. The van der Waals surface area contributed by atoms with E-state index in [9.17, 15) is 13.2 Å². The lowest BCUT2D eigenvalue weighted by atomic mass is 10.0. The smallest absolute Gasteiger partial charge is 0.396 e. The zero-order chi connectivity index (χ0) is 12.5. The highest BCUT2D eigenvalue weighted by molar-refractivity contribution is 5.24. The van der Waals surface area contributed by atoms with Crippen LogP contribution in [0, 0.1) is 5.92 Å². The molecule has 0 bridgehead atoms. The highest BCUT2D eigenvalue weighted by Crippen LogP contribution is 2.29. The first-order valence-electron chi connectivity index (χ1n) is 5.48. The minimum atomic E-state index is -4.27. The zero-order valence-electron chi connectivity index (χ0n) is 9.24. The molecule has 17 heavy (non-hydrogen) atoms. The average Bonchev–Trinajstić information content (AvgIpc) is 2.22. The van der Waals surface area contributed by atoms with E-state index >= 15 is 0 Å². The van der Waals surface area contributed by atoms with Crippen molar-refractivity contribution in [3.05, 3.63) is 35.4 Å². The summed E-state index contributed by atoms with van der Waals surface area (Å²) in [6.45, 7) is 2.47. The summed E-state index contributed by atoms with van der Waals surface area (Å²) in [6, 6.07) is 5.24. The van der Waals surface area contributed by atoms with Gasteiger partial charge in [-0.05, 0) is 17.7 Å². The Bertz CT molecular complexity index is 368. The molecule has 0 amide bonds. The van der Waals surface area contributed by atoms with Crippen molar-refractivity contribution >= 4 is 0 Å². The van der Waals surface area contributed by atoms with Gasteiger partial charge in [-0.25, -0.2) is 0 Å². The molecule has 1 aliphatic rings. The number of rotatable bonds is 3. The maximum Gasteiger partial charge on any atom is 0.416 e. The Morgan fingerprint density at radius 3 is 2.24 bits per heavy atom. The molecule has 0 unspecified atom stereocenters. The van der Waals surface area contributed by atoms with Crippen LogP contribution in [0.1, 0.15) is 11.1 Å². The van der Waals surface area contributed by atoms with Crippen LogP contribution in [-0.4, -0.2) is 29.7 Å². The Kier molecular flexibility index (Phi) is 3.40. The van der Waals surface area contributed by atoms with Crippen molar-refractivity contribution < 1.29 is 18.3 Å². The van der Waals surface area contributed by atoms with Crippen molar-refractivity contribution in [2.24, 2.45) is 5.92 Å². The highest BCUT2D eigenvalue weighted by Gasteiger charge is 2.30. The van der Waals surface area contributed by atoms with Crippen LogP contribution < -0.4 is 0 Å². The van der Waals surface area contributed by atoms with Crippen LogP contribution in [0.3, 0.4) is 0 Å². The van der Waals surface area contributed by atoms with Crippen molar-refractivity contribution in [1.29, 1.82) is 0 Å². The van der Waals surface area contributed by atoms with Gasteiger partial charge in [-0.15, -0.1) is 0 Å². The molecule has 1 aromatic rings. The van der Waals surface area contributed by atoms with E-state index in [1.54, 1.807) is 0 Å². The summed E-state index contributed by atoms with van der Waals surface area (Å²) in [6.07, 6.45) is -4.27. The van der Waals surface area contributed by atoms with E-state index < -0.39 is 11.7 Å². The molecule has 2 nitrogen and oxygen atoms in total. The minimum absolute atomic E-state index is 0.184. The predicted octanol–water partition coefficient (Wildman–Crippen LogP) is 2.13. The van der Waals surface area contributed by atoms with Crippen molar-refractivity contribution in [2.75, 3.05) is 19.7 Å². The normalized spacial score (nSPS) is 18.1. The molecule has 1 aromatic carbocycles. The van der Waals surface area contributed by atoms with E-state index in [-0.39, 0.29) is 6.61 Å². The van der Waals surface area contributed by atoms with Crippen LogP contribution in [0.15, 0.2) is 24.3 Å². The average molecular weight is 245 g/mol. The molecule has 1 N–H and O–H groups in total. The Balaban J connectivity index is 1.91. The van der Waals surface area contributed by atoms with Crippen LogP contribution in [0.25, 0.3) is 0 Å². The number of nitrogens with zero attached hydrogens (tertiary/aromatic N) is 1. The van der Waals surface area contributed by atoms with Gasteiger partial charge in [0.25, 0.3) is 0 Å². The summed E-state index contributed by atoms with van der Waals surface area (Å²) in [7, 11) is 0. The number of aliphatic hydroxyl groups is 1. The van der Waals surface area contributed by atoms with E-state index in [1.165, 1.54) is 12.1 Å². The molecule has 0 atom stereocenters. The second-order valence-electron chi connectivity index (χ2n) is 4.44. The number of likely N-dealkylation sites (tertiary alicyclic amines) is 1. The number of benzene rings is 1. The van der Waals surface area contributed by atoms with Crippen LogP contribution in [0.2, 0.25) is 0 Å². The molecule has 1 saturated heterocycles. The maximum atomic E-state index is 12.3. The van der Waals surface area contributed by atoms with Crippen molar-refractivity contribution in [1.82, 2.24) is 4.90 Å². The van der Waals surface area contributed by atoms with Gasteiger partial charge in [-0.1, -0.05) is 12.1 Å². The largest absolute Gasteiger partial charge is 0.416 e. The molecule has 0 spiro atoms. The number of hydrogen-bond donors (Lipinski definition) is 1. The van der Waals surface area contributed by atoms with Gasteiger partial charge in [0.2, 0.25) is 0 Å². The molecular formula is C12H14F3NO. The second-order valence-corrected chi connectivity index (χ2v) is 4.44. The van der Waals surface area contributed by atoms with Gasteiger partial charge < -0.3 is 5.11 Å². The third-order valence-electron chi connectivity index (χ3n) is 2.98. The van der Waals surface area contributed by atoms with Gasteiger partial charge in [0, 0.05) is 32.2 Å². The van der Waals surface area contributed by atoms with Gasteiger partial charge in [0.1, 0.15) is 0 Å². The maximum absolute atomic E-state index is 12.3. The molecule has 94 valence electrons. The topological polar surface area (TPSA) is 23.5 Å². The van der Waals surface area contributed by atoms with Crippen LogP contribution in [0.5, 0.6) is 0 Å². The highest BCUT2D eigenvalue weighted by atomic mass is 19.4. The molecule has 2 rings (SSSR count). The molecule has 0 aromatic heterocycles. The first kappa shape index (κ1) is 12.4. The fourth-order valence-corrected chi connectivity index (χ4v) is 1.98. The minimum Gasteiger partial charge on any atom is -0.396 e. The summed E-state index contributed by atoms with van der Waals surface area (Å²) >= 11 is 0. The molecule has 0 saturated carbocycles. The quantitative estimate of drug-likeness (QED) is 0.881. The second kappa shape index (κ2) is 4.66. The van der Waals surface area contributed by atoms with Crippen molar-refractivity contribution in [3.63, 3.8) is 0 Å². The van der Waals surface area contributed by atoms with E-state index in [4.69, 9.17) is 5.11 Å². The zero-order valence-corrected chi connectivity index (χ0v) is 9.24. The van der Waals surface area contributed by atoms with E-state index in [0.717, 1.165) is 30.8 Å². The Morgan fingerprint density at radius 2 is 1.76 bits per heavy atom. The molecule has 1 aliphatic heterocycles. The molecule has 0 radical (unpaired) electrons. The first-order valence-corrected chi connectivity index (χ1v) is 5.48. The molecule has 1 heterocycles. The number of alkyl halides is 3. The Hall–Kier alpha value is -1.07. The fraction of sp³-hybridized carbons (Fsp3) is 0.500. The van der Waals surface area contributed by atoms with E-state index in [1.807, 2.05) is 0 Å². The molecule has 1 fully saturated rings. The monoisotopic (exact) mass is 245 g/mol.